The average molecular weight is 431 g/mol. The maximum atomic E-state index is 3.45. The Morgan fingerprint density at radius 2 is 1.95 bits per heavy atom. The van der Waals surface area contributed by atoms with Crippen molar-refractivity contribution in [2.24, 2.45) is 0 Å². The molecule has 1 aromatic rings. The molecule has 2 rings (SSSR count). The first-order valence-corrected chi connectivity index (χ1v) is 8.09. The van der Waals surface area contributed by atoms with Crippen molar-refractivity contribution >= 4 is 47.4 Å². The Balaban J connectivity index is 0.00000180. The molecule has 0 aromatic heterocycles. The van der Waals surface area contributed by atoms with Crippen LogP contribution in [0.3, 0.4) is 0 Å². The van der Waals surface area contributed by atoms with Crippen LogP contribution in [0, 0.1) is 3.57 Å². The van der Waals surface area contributed by atoms with Gasteiger partial charge in [0.2, 0.25) is 0 Å². The van der Waals surface area contributed by atoms with Gasteiger partial charge < -0.3 is 5.32 Å². The molecule has 0 spiro atoms. The van der Waals surface area contributed by atoms with E-state index in [1.807, 2.05) is 0 Å². The number of unbranched alkanes of at least 4 members (excludes halogenated alkanes) is 1. The first-order valence-electron chi connectivity index (χ1n) is 7.01. The van der Waals surface area contributed by atoms with Gasteiger partial charge in [-0.05, 0) is 46.7 Å². The van der Waals surface area contributed by atoms with Crippen molar-refractivity contribution in [3.05, 3.63) is 33.4 Å². The van der Waals surface area contributed by atoms with Crippen LogP contribution in [0.15, 0.2) is 24.3 Å². The fourth-order valence-electron chi connectivity index (χ4n) is 2.67. The molecule has 0 radical (unpaired) electrons. The smallest absolute Gasteiger partial charge is 0.0349 e. The average Bonchev–Trinajstić information content (AvgIpc) is 2.40. The predicted octanol–water partition coefficient (Wildman–Crippen LogP) is 4.27. The Labute approximate surface area is 149 Å². The topological polar surface area (TPSA) is 15.3 Å². The lowest BCUT2D eigenvalue weighted by atomic mass is 9.99. The van der Waals surface area contributed by atoms with Crippen LogP contribution in [0.25, 0.3) is 0 Å². The standard InChI is InChI=1S/C15H23IN2.2ClH/c1-2-3-7-15(18-10-8-17-9-11-18)13-5-4-6-14(16)12-13;;/h4-6,12,15,17H,2-3,7-11H2,1H3;2*1H/t15-;;/m0../s1. The van der Waals surface area contributed by atoms with Gasteiger partial charge in [-0.2, -0.15) is 0 Å². The number of halogens is 3. The lowest BCUT2D eigenvalue weighted by Crippen LogP contribution is -2.45. The highest BCUT2D eigenvalue weighted by Crippen LogP contribution is 2.27. The van der Waals surface area contributed by atoms with Gasteiger partial charge in [0, 0.05) is 35.8 Å². The Morgan fingerprint density at radius 3 is 2.55 bits per heavy atom. The van der Waals surface area contributed by atoms with Crippen molar-refractivity contribution in [2.75, 3.05) is 26.2 Å². The fourth-order valence-corrected chi connectivity index (χ4v) is 3.23. The maximum Gasteiger partial charge on any atom is 0.0349 e. The number of rotatable bonds is 5. The van der Waals surface area contributed by atoms with Crippen LogP contribution in [0.5, 0.6) is 0 Å². The van der Waals surface area contributed by atoms with E-state index in [1.165, 1.54) is 41.5 Å². The molecule has 5 heteroatoms. The molecule has 0 unspecified atom stereocenters. The van der Waals surface area contributed by atoms with Gasteiger partial charge in [-0.1, -0.05) is 31.9 Å². The highest BCUT2D eigenvalue weighted by atomic mass is 127. The number of piperazine rings is 1. The van der Waals surface area contributed by atoms with Crippen molar-refractivity contribution in [1.29, 1.82) is 0 Å². The molecule has 1 N–H and O–H groups in total. The molecule has 1 fully saturated rings. The first-order chi connectivity index (χ1) is 8.81. The second-order valence-corrected chi connectivity index (χ2v) is 6.24. The molecule has 1 aliphatic rings. The molecule has 2 nitrogen and oxygen atoms in total. The number of hydrogen-bond donors (Lipinski definition) is 1. The molecule has 0 amide bonds. The van der Waals surface area contributed by atoms with Crippen molar-refractivity contribution in [1.82, 2.24) is 10.2 Å². The summed E-state index contributed by atoms with van der Waals surface area (Å²) in [4.78, 5) is 2.65. The van der Waals surface area contributed by atoms with E-state index in [4.69, 9.17) is 0 Å². The summed E-state index contributed by atoms with van der Waals surface area (Å²) in [5.41, 5.74) is 1.50. The van der Waals surface area contributed by atoms with Crippen molar-refractivity contribution < 1.29 is 0 Å². The largest absolute Gasteiger partial charge is 0.314 e. The van der Waals surface area contributed by atoms with E-state index >= 15 is 0 Å². The SMILES string of the molecule is CCCC[C@@H](c1cccc(I)c1)N1CCNCC1.Cl.Cl. The van der Waals surface area contributed by atoms with Crippen LogP contribution in [0.2, 0.25) is 0 Å². The van der Waals surface area contributed by atoms with E-state index < -0.39 is 0 Å². The lowest BCUT2D eigenvalue weighted by Gasteiger charge is -2.35. The Kier molecular flexibility index (Phi) is 11.3. The third-order valence-corrected chi connectivity index (χ3v) is 4.33. The Morgan fingerprint density at radius 1 is 1.25 bits per heavy atom. The van der Waals surface area contributed by atoms with Gasteiger partial charge in [0.15, 0.2) is 0 Å². The number of benzene rings is 1. The summed E-state index contributed by atoms with van der Waals surface area (Å²) in [6.07, 6.45) is 3.89. The second-order valence-electron chi connectivity index (χ2n) is 5.00. The minimum absolute atomic E-state index is 0. The molecule has 0 bridgehead atoms. The summed E-state index contributed by atoms with van der Waals surface area (Å²) in [6, 6.07) is 9.63. The van der Waals surface area contributed by atoms with Gasteiger partial charge in [0.1, 0.15) is 0 Å². The summed E-state index contributed by atoms with van der Waals surface area (Å²) < 4.78 is 1.35. The fraction of sp³-hybridized carbons (Fsp3) is 0.600. The molecule has 1 aromatic carbocycles. The highest BCUT2D eigenvalue weighted by molar-refractivity contribution is 14.1. The molecule has 1 atom stereocenters. The molecule has 0 aliphatic carbocycles. The van der Waals surface area contributed by atoms with Gasteiger partial charge >= 0.3 is 0 Å². The Hall–Kier alpha value is 0.450. The summed E-state index contributed by atoms with van der Waals surface area (Å²) in [5.74, 6) is 0. The predicted molar refractivity (Wildman–Crippen MR) is 100 cm³/mol. The molecule has 1 aliphatic heterocycles. The van der Waals surface area contributed by atoms with E-state index in [1.54, 1.807) is 0 Å². The van der Waals surface area contributed by atoms with Crippen LogP contribution in [-0.4, -0.2) is 31.1 Å². The molecular weight excluding hydrogens is 406 g/mol. The van der Waals surface area contributed by atoms with Crippen LogP contribution in [0.4, 0.5) is 0 Å². The van der Waals surface area contributed by atoms with Gasteiger partial charge in [0.05, 0.1) is 0 Å². The molecule has 116 valence electrons. The highest BCUT2D eigenvalue weighted by Gasteiger charge is 2.21. The minimum atomic E-state index is 0. The van der Waals surface area contributed by atoms with E-state index in [-0.39, 0.29) is 24.8 Å². The van der Waals surface area contributed by atoms with Crippen LogP contribution < -0.4 is 5.32 Å². The van der Waals surface area contributed by atoms with Crippen LogP contribution in [-0.2, 0) is 0 Å². The van der Waals surface area contributed by atoms with Crippen molar-refractivity contribution in [3.63, 3.8) is 0 Å². The molecule has 20 heavy (non-hydrogen) atoms. The third kappa shape index (κ3) is 6.06. The summed E-state index contributed by atoms with van der Waals surface area (Å²) in [7, 11) is 0. The normalized spacial score (nSPS) is 16.9. The number of nitrogens with one attached hydrogen (secondary N) is 1. The number of hydrogen-bond acceptors (Lipinski definition) is 2. The first kappa shape index (κ1) is 20.5. The zero-order chi connectivity index (χ0) is 12.8. The zero-order valence-corrected chi connectivity index (χ0v) is 15.8. The van der Waals surface area contributed by atoms with Gasteiger partial charge in [0.25, 0.3) is 0 Å². The quantitative estimate of drug-likeness (QED) is 0.701. The van der Waals surface area contributed by atoms with E-state index in [0.717, 1.165) is 13.1 Å². The maximum absolute atomic E-state index is 3.45. The van der Waals surface area contributed by atoms with Crippen molar-refractivity contribution in [2.45, 2.75) is 32.2 Å². The summed E-state index contributed by atoms with van der Waals surface area (Å²) >= 11 is 2.42. The third-order valence-electron chi connectivity index (χ3n) is 3.66. The van der Waals surface area contributed by atoms with Gasteiger partial charge in [-0.25, -0.2) is 0 Å². The number of nitrogens with zero attached hydrogens (tertiary/aromatic N) is 1. The van der Waals surface area contributed by atoms with E-state index in [0.29, 0.717) is 6.04 Å². The molecule has 0 saturated carbocycles. The molecular formula is C15H25Cl2IN2. The summed E-state index contributed by atoms with van der Waals surface area (Å²) in [5, 5.41) is 3.45. The Bertz CT molecular complexity index is 371. The molecule has 1 saturated heterocycles. The van der Waals surface area contributed by atoms with Crippen LogP contribution >= 0.6 is 47.4 Å². The lowest BCUT2D eigenvalue weighted by molar-refractivity contribution is 0.163. The van der Waals surface area contributed by atoms with Gasteiger partial charge in [-0.15, -0.1) is 24.8 Å². The van der Waals surface area contributed by atoms with E-state index in [2.05, 4.69) is 64.0 Å². The van der Waals surface area contributed by atoms with Gasteiger partial charge in [-0.3, -0.25) is 4.90 Å². The minimum Gasteiger partial charge on any atom is -0.314 e. The van der Waals surface area contributed by atoms with E-state index in [9.17, 15) is 0 Å². The zero-order valence-electron chi connectivity index (χ0n) is 12.0. The van der Waals surface area contributed by atoms with Crippen molar-refractivity contribution in [3.8, 4) is 0 Å². The second kappa shape index (κ2) is 11.1. The monoisotopic (exact) mass is 430 g/mol. The molecule has 1 heterocycles. The van der Waals surface area contributed by atoms with Crippen LogP contribution in [0.1, 0.15) is 37.8 Å². The summed E-state index contributed by atoms with van der Waals surface area (Å²) in [6.45, 7) is 6.91.